The van der Waals surface area contributed by atoms with Crippen molar-refractivity contribution in [2.45, 2.75) is 51.7 Å². The van der Waals surface area contributed by atoms with Gasteiger partial charge in [-0.3, -0.25) is 9.59 Å². The van der Waals surface area contributed by atoms with Crippen LogP contribution in [-0.4, -0.2) is 53.1 Å². The Morgan fingerprint density at radius 2 is 1.59 bits per heavy atom. The van der Waals surface area contributed by atoms with Crippen LogP contribution >= 0.6 is 0 Å². The largest absolute Gasteiger partial charge is 0.507 e. The van der Waals surface area contributed by atoms with Crippen LogP contribution in [0.5, 0.6) is 11.5 Å². The molecule has 0 saturated carbocycles. The highest BCUT2D eigenvalue weighted by Gasteiger charge is 2.30. The Kier molecular flexibility index (Phi) is 9.34. The summed E-state index contributed by atoms with van der Waals surface area (Å²) >= 11 is 0. The van der Waals surface area contributed by atoms with Gasteiger partial charge in [0.05, 0.1) is 11.6 Å². The van der Waals surface area contributed by atoms with Gasteiger partial charge in [0.2, 0.25) is 0 Å². The van der Waals surface area contributed by atoms with Crippen molar-refractivity contribution in [3.8, 4) is 11.5 Å². The molecular formula is C31H32F2N2O6. The van der Waals surface area contributed by atoms with Crippen LogP contribution in [0.3, 0.4) is 0 Å². The average Bonchev–Trinajstić information content (AvgIpc) is 3.17. The Balaban J connectivity index is 1.48. The third-order valence-electron chi connectivity index (χ3n) is 7.17. The number of nitrogens with one attached hydrogen (secondary N) is 2. The molecule has 3 aromatic rings. The zero-order valence-electron chi connectivity index (χ0n) is 22.8. The molecule has 4 N–H and O–H groups in total. The maximum Gasteiger partial charge on any atom is 0.338 e. The van der Waals surface area contributed by atoms with E-state index < -0.39 is 46.8 Å². The number of hydrogen-bond donors (Lipinski definition) is 4. The van der Waals surface area contributed by atoms with Crippen LogP contribution in [0.4, 0.5) is 8.78 Å². The normalized spacial score (nSPS) is 17.0. The Labute approximate surface area is 236 Å². The van der Waals surface area contributed by atoms with Crippen molar-refractivity contribution in [1.29, 1.82) is 0 Å². The molecule has 41 heavy (non-hydrogen) atoms. The van der Waals surface area contributed by atoms with Gasteiger partial charge in [-0.15, -0.1) is 0 Å². The molecule has 0 aliphatic carbocycles. The van der Waals surface area contributed by atoms with Crippen LogP contribution in [0.2, 0.25) is 0 Å². The minimum atomic E-state index is -1.20. The second-order valence-electron chi connectivity index (χ2n) is 9.91. The van der Waals surface area contributed by atoms with Crippen molar-refractivity contribution < 1.29 is 38.1 Å². The first-order valence-corrected chi connectivity index (χ1v) is 13.5. The van der Waals surface area contributed by atoms with E-state index in [1.165, 1.54) is 24.3 Å². The van der Waals surface area contributed by atoms with E-state index in [0.29, 0.717) is 67.6 Å². The summed E-state index contributed by atoms with van der Waals surface area (Å²) in [6, 6.07) is 9.20. The summed E-state index contributed by atoms with van der Waals surface area (Å²) < 4.78 is 33.2. The van der Waals surface area contributed by atoms with Crippen LogP contribution in [0, 0.1) is 11.6 Å². The fourth-order valence-corrected chi connectivity index (χ4v) is 4.88. The number of carbonyl (C=O) groups excluding carboxylic acids is 3. The molecule has 3 aromatic carbocycles. The molecule has 1 fully saturated rings. The number of esters is 1. The second-order valence-corrected chi connectivity index (χ2v) is 9.91. The highest BCUT2D eigenvalue weighted by molar-refractivity contribution is 6.11. The van der Waals surface area contributed by atoms with Crippen molar-refractivity contribution in [1.82, 2.24) is 10.6 Å². The van der Waals surface area contributed by atoms with E-state index in [0.717, 1.165) is 0 Å². The summed E-state index contributed by atoms with van der Waals surface area (Å²) in [6.45, 7) is 4.86. The van der Waals surface area contributed by atoms with E-state index in [1.807, 2.05) is 13.8 Å². The molecule has 0 unspecified atom stereocenters. The molecular weight excluding hydrogens is 534 g/mol. The standard InChI is InChI=1S/C31H32F2N2O6/c1-3-17-12-21(13-18(4-2)28(17)37)30(39)35-24-16-34-11-5-6-26(24)41-31(40)20-9-7-19(8-10-20)29(38)27-23(33)14-22(32)15-25(27)36/h7-10,12-15,24,26,34,36-37H,3-6,11,16H2,1-2H3,(H,35,39)/t24-,26-/m1/s1. The Morgan fingerprint density at radius 1 is 0.951 bits per heavy atom. The van der Waals surface area contributed by atoms with Gasteiger partial charge in [-0.05, 0) is 67.6 Å². The second kappa shape index (κ2) is 12.9. The Hall–Kier alpha value is -4.31. The SMILES string of the molecule is CCc1cc(C(=O)N[C@@H]2CNCCC[C@H]2OC(=O)c2ccc(C(=O)c3c(O)cc(F)cc3F)cc2)cc(CC)c1O. The third-order valence-corrected chi connectivity index (χ3v) is 7.17. The van der Waals surface area contributed by atoms with Crippen molar-refractivity contribution in [3.05, 3.63) is 93.5 Å². The number of aryl methyl sites for hydroxylation is 2. The highest BCUT2D eigenvalue weighted by atomic mass is 19.1. The number of amides is 1. The number of ether oxygens (including phenoxy) is 1. The van der Waals surface area contributed by atoms with E-state index in [1.54, 1.807) is 12.1 Å². The highest BCUT2D eigenvalue weighted by Crippen LogP contribution is 2.27. The summed E-state index contributed by atoms with van der Waals surface area (Å²) in [4.78, 5) is 38.9. The molecule has 1 saturated heterocycles. The van der Waals surface area contributed by atoms with Crippen molar-refractivity contribution in [2.24, 2.45) is 0 Å². The van der Waals surface area contributed by atoms with Gasteiger partial charge in [-0.25, -0.2) is 13.6 Å². The number of rotatable bonds is 8. The molecule has 0 bridgehead atoms. The average molecular weight is 567 g/mol. The number of ketones is 1. The predicted octanol–water partition coefficient (Wildman–Crippen LogP) is 4.44. The first kappa shape index (κ1) is 29.7. The Morgan fingerprint density at radius 3 is 2.20 bits per heavy atom. The first-order chi connectivity index (χ1) is 19.6. The number of aromatic hydroxyl groups is 2. The van der Waals surface area contributed by atoms with E-state index in [2.05, 4.69) is 10.6 Å². The number of hydrogen-bond acceptors (Lipinski definition) is 7. The lowest BCUT2D eigenvalue weighted by atomic mass is 9.99. The number of carbonyl (C=O) groups is 3. The Bertz CT molecular complexity index is 1410. The van der Waals surface area contributed by atoms with Gasteiger partial charge in [-0.2, -0.15) is 0 Å². The maximum atomic E-state index is 14.1. The van der Waals surface area contributed by atoms with Gasteiger partial charge < -0.3 is 25.6 Å². The molecule has 0 spiro atoms. The summed E-state index contributed by atoms with van der Waals surface area (Å²) in [5, 5.41) is 26.5. The minimum absolute atomic E-state index is 0.0158. The van der Waals surface area contributed by atoms with Crippen LogP contribution < -0.4 is 10.6 Å². The fraction of sp³-hybridized carbons (Fsp3) is 0.323. The van der Waals surface area contributed by atoms with E-state index in [9.17, 15) is 33.4 Å². The van der Waals surface area contributed by atoms with Gasteiger partial charge in [0.15, 0.2) is 5.78 Å². The topological polar surface area (TPSA) is 125 Å². The quantitative estimate of drug-likeness (QED) is 0.235. The predicted molar refractivity (Wildman–Crippen MR) is 147 cm³/mol. The van der Waals surface area contributed by atoms with Crippen molar-refractivity contribution in [2.75, 3.05) is 13.1 Å². The molecule has 10 heteroatoms. The summed E-state index contributed by atoms with van der Waals surface area (Å²) in [7, 11) is 0. The molecule has 0 radical (unpaired) electrons. The lowest BCUT2D eigenvalue weighted by molar-refractivity contribution is 0.0192. The number of phenols is 2. The lowest BCUT2D eigenvalue weighted by Gasteiger charge is -2.26. The van der Waals surface area contributed by atoms with Gasteiger partial charge in [-0.1, -0.05) is 26.0 Å². The van der Waals surface area contributed by atoms with Gasteiger partial charge in [0.25, 0.3) is 5.91 Å². The number of benzene rings is 3. The molecule has 1 heterocycles. The van der Waals surface area contributed by atoms with Crippen LogP contribution in [-0.2, 0) is 17.6 Å². The fourth-order valence-electron chi connectivity index (χ4n) is 4.88. The smallest absolute Gasteiger partial charge is 0.338 e. The van der Waals surface area contributed by atoms with E-state index in [-0.39, 0.29) is 22.8 Å². The molecule has 1 aliphatic heterocycles. The van der Waals surface area contributed by atoms with Crippen molar-refractivity contribution in [3.63, 3.8) is 0 Å². The first-order valence-electron chi connectivity index (χ1n) is 13.5. The summed E-state index contributed by atoms with van der Waals surface area (Å²) in [5.74, 6) is -4.73. The molecule has 4 rings (SSSR count). The molecule has 0 aromatic heterocycles. The molecule has 2 atom stereocenters. The monoisotopic (exact) mass is 566 g/mol. The van der Waals surface area contributed by atoms with Crippen molar-refractivity contribution >= 4 is 17.7 Å². The van der Waals surface area contributed by atoms with E-state index in [4.69, 9.17) is 4.74 Å². The van der Waals surface area contributed by atoms with Gasteiger partial charge in [0, 0.05) is 29.8 Å². The van der Waals surface area contributed by atoms with Crippen LogP contribution in [0.25, 0.3) is 0 Å². The van der Waals surface area contributed by atoms with Crippen LogP contribution in [0.15, 0.2) is 48.5 Å². The zero-order chi connectivity index (χ0) is 29.7. The molecule has 1 amide bonds. The molecule has 216 valence electrons. The molecule has 8 nitrogen and oxygen atoms in total. The maximum absolute atomic E-state index is 14.1. The number of halogens is 2. The zero-order valence-corrected chi connectivity index (χ0v) is 22.8. The number of phenolic OH excluding ortho intramolecular Hbond substituents is 2. The molecule has 1 aliphatic rings. The van der Waals surface area contributed by atoms with Gasteiger partial charge >= 0.3 is 5.97 Å². The van der Waals surface area contributed by atoms with E-state index >= 15 is 0 Å². The van der Waals surface area contributed by atoms with Gasteiger partial charge in [0.1, 0.15) is 34.8 Å². The minimum Gasteiger partial charge on any atom is -0.507 e. The summed E-state index contributed by atoms with van der Waals surface area (Å²) in [5.41, 5.74) is 1.21. The lowest BCUT2D eigenvalue weighted by Crippen LogP contribution is -2.49. The van der Waals surface area contributed by atoms with Crippen LogP contribution in [0.1, 0.15) is 74.5 Å². The summed E-state index contributed by atoms with van der Waals surface area (Å²) in [6.07, 6.45) is 1.70. The third kappa shape index (κ3) is 6.71.